The standard InChI is InChI=1S/C9H10BrNO/c1-6-5-8(10)3-4-9(6)11-7(2)12/h3-5H,1-2H3,(H,11,12). The Morgan fingerprint density at radius 2 is 2.17 bits per heavy atom. The van der Waals surface area contributed by atoms with Gasteiger partial charge < -0.3 is 5.32 Å². The molecule has 0 atom stereocenters. The van der Waals surface area contributed by atoms with E-state index < -0.39 is 0 Å². The van der Waals surface area contributed by atoms with E-state index in [4.69, 9.17) is 0 Å². The number of benzene rings is 1. The van der Waals surface area contributed by atoms with Gasteiger partial charge in [-0.15, -0.1) is 0 Å². The van der Waals surface area contributed by atoms with E-state index in [0.29, 0.717) is 0 Å². The van der Waals surface area contributed by atoms with Crippen LogP contribution in [0.3, 0.4) is 0 Å². The van der Waals surface area contributed by atoms with Gasteiger partial charge in [0.2, 0.25) is 5.91 Å². The van der Waals surface area contributed by atoms with Crippen LogP contribution in [0.5, 0.6) is 0 Å². The first-order valence-electron chi connectivity index (χ1n) is 3.63. The van der Waals surface area contributed by atoms with Crippen molar-refractivity contribution in [1.82, 2.24) is 0 Å². The number of hydrogen-bond donors (Lipinski definition) is 1. The topological polar surface area (TPSA) is 29.1 Å². The van der Waals surface area contributed by atoms with Crippen molar-refractivity contribution in [2.24, 2.45) is 0 Å². The summed E-state index contributed by atoms with van der Waals surface area (Å²) in [5.74, 6) is -0.0413. The Balaban J connectivity index is 2.93. The molecule has 1 N–H and O–H groups in total. The molecule has 0 unspecified atom stereocenters. The summed E-state index contributed by atoms with van der Waals surface area (Å²) in [6, 6.07) is 5.74. The fraction of sp³-hybridized carbons (Fsp3) is 0.222. The van der Waals surface area contributed by atoms with Crippen molar-refractivity contribution < 1.29 is 4.79 Å². The molecule has 0 spiro atoms. The maximum absolute atomic E-state index is 10.7. The zero-order valence-corrected chi connectivity index (χ0v) is 8.60. The van der Waals surface area contributed by atoms with Gasteiger partial charge in [0.05, 0.1) is 0 Å². The van der Waals surface area contributed by atoms with Crippen molar-refractivity contribution in [2.45, 2.75) is 13.8 Å². The Bertz CT molecular complexity index is 309. The maximum Gasteiger partial charge on any atom is 0.221 e. The summed E-state index contributed by atoms with van der Waals surface area (Å²) >= 11 is 3.35. The molecule has 0 heterocycles. The lowest BCUT2D eigenvalue weighted by Gasteiger charge is -2.05. The minimum absolute atomic E-state index is 0.0413. The lowest BCUT2D eigenvalue weighted by Crippen LogP contribution is -2.06. The van der Waals surface area contributed by atoms with Gasteiger partial charge >= 0.3 is 0 Å². The second kappa shape index (κ2) is 3.72. The van der Waals surface area contributed by atoms with Crippen LogP contribution in [0.15, 0.2) is 22.7 Å². The van der Waals surface area contributed by atoms with E-state index in [1.165, 1.54) is 6.92 Å². The van der Waals surface area contributed by atoms with Crippen molar-refractivity contribution in [2.75, 3.05) is 5.32 Å². The minimum atomic E-state index is -0.0413. The summed E-state index contributed by atoms with van der Waals surface area (Å²) in [6.45, 7) is 3.46. The highest BCUT2D eigenvalue weighted by atomic mass is 79.9. The van der Waals surface area contributed by atoms with Crippen molar-refractivity contribution in [3.8, 4) is 0 Å². The van der Waals surface area contributed by atoms with Gasteiger partial charge in [0.15, 0.2) is 0 Å². The molecule has 1 aromatic rings. The smallest absolute Gasteiger partial charge is 0.221 e. The maximum atomic E-state index is 10.7. The lowest BCUT2D eigenvalue weighted by molar-refractivity contribution is -0.114. The summed E-state index contributed by atoms with van der Waals surface area (Å²) in [5, 5.41) is 2.74. The quantitative estimate of drug-likeness (QED) is 0.786. The normalized spacial score (nSPS) is 9.58. The van der Waals surface area contributed by atoms with E-state index in [0.717, 1.165) is 15.7 Å². The first-order valence-corrected chi connectivity index (χ1v) is 4.42. The molecule has 12 heavy (non-hydrogen) atoms. The third-order valence-electron chi connectivity index (χ3n) is 1.50. The molecule has 0 aliphatic rings. The predicted octanol–water partition coefficient (Wildman–Crippen LogP) is 2.72. The Morgan fingerprint density at radius 1 is 1.50 bits per heavy atom. The Labute approximate surface area is 80.1 Å². The van der Waals surface area contributed by atoms with Gasteiger partial charge in [-0.1, -0.05) is 15.9 Å². The van der Waals surface area contributed by atoms with Crippen molar-refractivity contribution in [1.29, 1.82) is 0 Å². The van der Waals surface area contributed by atoms with E-state index in [1.54, 1.807) is 0 Å². The molecule has 1 rings (SSSR count). The average molecular weight is 228 g/mol. The summed E-state index contributed by atoms with van der Waals surface area (Å²) in [6.07, 6.45) is 0. The van der Waals surface area contributed by atoms with Crippen LogP contribution in [0.1, 0.15) is 12.5 Å². The first kappa shape index (κ1) is 9.26. The number of aryl methyl sites for hydroxylation is 1. The van der Waals surface area contributed by atoms with Crippen LogP contribution in [-0.4, -0.2) is 5.91 Å². The number of halogens is 1. The first-order chi connectivity index (χ1) is 5.59. The zero-order chi connectivity index (χ0) is 9.14. The Morgan fingerprint density at radius 3 is 2.67 bits per heavy atom. The summed E-state index contributed by atoms with van der Waals surface area (Å²) in [4.78, 5) is 10.7. The van der Waals surface area contributed by atoms with Gasteiger partial charge in [-0.25, -0.2) is 0 Å². The molecule has 0 aromatic heterocycles. The summed E-state index contributed by atoms with van der Waals surface area (Å²) in [5.41, 5.74) is 1.92. The molecule has 0 fully saturated rings. The highest BCUT2D eigenvalue weighted by molar-refractivity contribution is 9.10. The number of carbonyl (C=O) groups excluding carboxylic acids is 1. The van der Waals surface area contributed by atoms with Crippen molar-refractivity contribution >= 4 is 27.5 Å². The molecule has 0 radical (unpaired) electrons. The molecular weight excluding hydrogens is 218 g/mol. The number of rotatable bonds is 1. The van der Waals surface area contributed by atoms with Gasteiger partial charge in [0.25, 0.3) is 0 Å². The number of nitrogens with one attached hydrogen (secondary N) is 1. The molecular formula is C9H10BrNO. The van der Waals surface area contributed by atoms with Crippen molar-refractivity contribution in [3.63, 3.8) is 0 Å². The zero-order valence-electron chi connectivity index (χ0n) is 7.02. The third-order valence-corrected chi connectivity index (χ3v) is 1.99. The molecule has 0 aliphatic heterocycles. The van der Waals surface area contributed by atoms with Crippen LogP contribution >= 0.6 is 15.9 Å². The van der Waals surface area contributed by atoms with Gasteiger partial charge in [-0.3, -0.25) is 4.79 Å². The highest BCUT2D eigenvalue weighted by Crippen LogP contribution is 2.19. The predicted molar refractivity (Wildman–Crippen MR) is 53.2 cm³/mol. The summed E-state index contributed by atoms with van der Waals surface area (Å²) in [7, 11) is 0. The number of hydrogen-bond acceptors (Lipinski definition) is 1. The molecule has 1 aromatic carbocycles. The van der Waals surface area contributed by atoms with Crippen LogP contribution in [0.2, 0.25) is 0 Å². The van der Waals surface area contributed by atoms with Gasteiger partial charge in [-0.05, 0) is 30.7 Å². The molecule has 2 nitrogen and oxygen atoms in total. The third kappa shape index (κ3) is 2.34. The summed E-state index contributed by atoms with van der Waals surface area (Å²) < 4.78 is 1.02. The molecule has 0 saturated heterocycles. The monoisotopic (exact) mass is 227 g/mol. The fourth-order valence-corrected chi connectivity index (χ4v) is 1.43. The van der Waals surface area contributed by atoms with Crippen molar-refractivity contribution in [3.05, 3.63) is 28.2 Å². The van der Waals surface area contributed by atoms with E-state index in [9.17, 15) is 4.79 Å². The fourth-order valence-electron chi connectivity index (χ4n) is 0.957. The lowest BCUT2D eigenvalue weighted by atomic mass is 10.2. The average Bonchev–Trinajstić information content (AvgIpc) is 1.94. The number of carbonyl (C=O) groups is 1. The SMILES string of the molecule is CC(=O)Nc1ccc(Br)cc1C. The van der Waals surface area contributed by atoms with Crippen LogP contribution in [0.25, 0.3) is 0 Å². The van der Waals surface area contributed by atoms with Gasteiger partial charge in [0, 0.05) is 17.1 Å². The molecule has 0 saturated carbocycles. The van der Waals surface area contributed by atoms with E-state index in [1.807, 2.05) is 25.1 Å². The van der Waals surface area contributed by atoms with E-state index in [-0.39, 0.29) is 5.91 Å². The van der Waals surface area contributed by atoms with Crippen LogP contribution in [-0.2, 0) is 4.79 Å². The van der Waals surface area contributed by atoms with Crippen LogP contribution < -0.4 is 5.32 Å². The minimum Gasteiger partial charge on any atom is -0.326 e. The highest BCUT2D eigenvalue weighted by Gasteiger charge is 1.99. The van der Waals surface area contributed by atoms with E-state index in [2.05, 4.69) is 21.2 Å². The van der Waals surface area contributed by atoms with Crippen LogP contribution in [0, 0.1) is 6.92 Å². The Kier molecular flexibility index (Phi) is 2.87. The van der Waals surface area contributed by atoms with E-state index >= 15 is 0 Å². The molecule has 0 bridgehead atoms. The molecule has 3 heteroatoms. The molecule has 64 valence electrons. The Hall–Kier alpha value is -0.830. The second-order valence-corrected chi connectivity index (χ2v) is 3.56. The molecule has 0 aliphatic carbocycles. The number of anilines is 1. The molecule has 1 amide bonds. The largest absolute Gasteiger partial charge is 0.326 e. The second-order valence-electron chi connectivity index (χ2n) is 2.64. The van der Waals surface area contributed by atoms with Gasteiger partial charge in [0.1, 0.15) is 0 Å². The number of amides is 1. The van der Waals surface area contributed by atoms with Gasteiger partial charge in [-0.2, -0.15) is 0 Å². The van der Waals surface area contributed by atoms with Crippen LogP contribution in [0.4, 0.5) is 5.69 Å².